The maximum atomic E-state index is 8.70. The predicted octanol–water partition coefficient (Wildman–Crippen LogP) is 0.652. The van der Waals surface area contributed by atoms with Crippen molar-refractivity contribution in [3.05, 3.63) is 10.4 Å². The Kier molecular flexibility index (Phi) is 2.50. The topological polar surface area (TPSA) is 78.2 Å². The molecule has 0 saturated carbocycles. The molecule has 1 rings (SSSR count). The summed E-state index contributed by atoms with van der Waals surface area (Å²) in [6, 6.07) is 0. The molecule has 5 nitrogen and oxygen atoms in total. The lowest BCUT2D eigenvalue weighted by Crippen LogP contribution is -2.15. The van der Waals surface area contributed by atoms with Crippen molar-refractivity contribution in [2.75, 3.05) is 13.2 Å². The molecule has 0 aromatic heterocycles. The zero-order valence-electron chi connectivity index (χ0n) is 5.47. The van der Waals surface area contributed by atoms with Crippen LogP contribution in [0.1, 0.15) is 6.42 Å². The first kappa shape index (κ1) is 7.34. The highest BCUT2D eigenvalue weighted by molar-refractivity contribution is 4.73. The van der Waals surface area contributed by atoms with Crippen LogP contribution in [-0.4, -0.2) is 24.5 Å². The van der Waals surface area contributed by atoms with Gasteiger partial charge in [0.1, 0.15) is 6.23 Å². The van der Waals surface area contributed by atoms with Crippen molar-refractivity contribution in [3.63, 3.8) is 0 Å². The lowest BCUT2D eigenvalue weighted by molar-refractivity contribution is 0.0776. The number of azide groups is 1. The Morgan fingerprint density at radius 1 is 1.80 bits per heavy atom. The number of aliphatic hydroxyl groups is 1. The summed E-state index contributed by atoms with van der Waals surface area (Å²) in [5, 5.41) is 12.1. The van der Waals surface area contributed by atoms with Gasteiger partial charge in [0, 0.05) is 24.0 Å². The minimum atomic E-state index is -0.449. The van der Waals surface area contributed by atoms with Crippen molar-refractivity contribution in [3.8, 4) is 0 Å². The highest BCUT2D eigenvalue weighted by Crippen LogP contribution is 2.20. The average Bonchev–Trinajstić information content (AvgIpc) is 2.36. The standard InChI is InChI=1S/C5H9N3O2/c6-8-7-5-4(3-9)1-2-10-5/h4-5,9H,1-3H2/t4-,5+/m1/s1. The fourth-order valence-electron chi connectivity index (χ4n) is 0.979. The molecule has 1 fully saturated rings. The van der Waals surface area contributed by atoms with Crippen LogP contribution in [0.4, 0.5) is 0 Å². The number of hydrogen-bond acceptors (Lipinski definition) is 3. The molecule has 0 radical (unpaired) electrons. The maximum Gasteiger partial charge on any atom is 0.141 e. The molecule has 1 aliphatic rings. The summed E-state index contributed by atoms with van der Waals surface area (Å²) in [5.74, 6) is -0.00380. The summed E-state index contributed by atoms with van der Waals surface area (Å²) in [6.07, 6.45) is 0.329. The second-order valence-corrected chi connectivity index (χ2v) is 2.20. The summed E-state index contributed by atoms with van der Waals surface area (Å²) in [4.78, 5) is 2.60. The Balaban J connectivity index is 2.49. The zero-order chi connectivity index (χ0) is 7.40. The second-order valence-electron chi connectivity index (χ2n) is 2.20. The van der Waals surface area contributed by atoms with Crippen molar-refractivity contribution in [1.29, 1.82) is 0 Å². The van der Waals surface area contributed by atoms with Gasteiger partial charge in [-0.1, -0.05) is 5.11 Å². The molecule has 1 saturated heterocycles. The molecule has 1 N–H and O–H groups in total. The molecule has 0 aromatic carbocycles. The van der Waals surface area contributed by atoms with Gasteiger partial charge in [-0.25, -0.2) is 0 Å². The van der Waals surface area contributed by atoms with Crippen molar-refractivity contribution < 1.29 is 9.84 Å². The highest BCUT2D eigenvalue weighted by atomic mass is 16.5. The van der Waals surface area contributed by atoms with Gasteiger partial charge in [0.05, 0.1) is 0 Å². The van der Waals surface area contributed by atoms with Crippen LogP contribution in [0.25, 0.3) is 10.4 Å². The van der Waals surface area contributed by atoms with Gasteiger partial charge in [-0.3, -0.25) is 0 Å². The summed E-state index contributed by atoms with van der Waals surface area (Å²) in [6.45, 7) is 0.610. The molecule has 0 unspecified atom stereocenters. The van der Waals surface area contributed by atoms with E-state index in [4.69, 9.17) is 15.4 Å². The van der Waals surface area contributed by atoms with Gasteiger partial charge in [-0.2, -0.15) is 0 Å². The molecule has 0 bridgehead atoms. The van der Waals surface area contributed by atoms with Crippen LogP contribution in [0, 0.1) is 5.92 Å². The third kappa shape index (κ3) is 1.39. The van der Waals surface area contributed by atoms with E-state index in [1.807, 2.05) is 0 Å². The van der Waals surface area contributed by atoms with Crippen LogP contribution < -0.4 is 0 Å². The van der Waals surface area contributed by atoms with Gasteiger partial charge in [-0.05, 0) is 12.0 Å². The van der Waals surface area contributed by atoms with Gasteiger partial charge in [-0.15, -0.1) is 0 Å². The summed E-state index contributed by atoms with van der Waals surface area (Å²) < 4.78 is 5.02. The van der Waals surface area contributed by atoms with Gasteiger partial charge in [0.25, 0.3) is 0 Å². The summed E-state index contributed by atoms with van der Waals surface area (Å²) in [5.41, 5.74) is 8.04. The normalized spacial score (nSPS) is 31.7. The lowest BCUT2D eigenvalue weighted by Gasteiger charge is -2.08. The Bertz CT molecular complexity index is 155. The van der Waals surface area contributed by atoms with Crippen molar-refractivity contribution in [2.45, 2.75) is 12.6 Å². The van der Waals surface area contributed by atoms with Crippen LogP contribution in [0.5, 0.6) is 0 Å². The minimum absolute atomic E-state index is 0.00380. The van der Waals surface area contributed by atoms with E-state index in [0.29, 0.717) is 6.61 Å². The Morgan fingerprint density at radius 3 is 3.20 bits per heavy atom. The molecule has 1 heterocycles. The molecule has 1 aliphatic heterocycles. The van der Waals surface area contributed by atoms with Gasteiger partial charge in [0.15, 0.2) is 0 Å². The van der Waals surface area contributed by atoms with Crippen LogP contribution in [-0.2, 0) is 4.74 Å². The molecular formula is C5H9N3O2. The first-order valence-electron chi connectivity index (χ1n) is 3.15. The first-order valence-corrected chi connectivity index (χ1v) is 3.15. The zero-order valence-corrected chi connectivity index (χ0v) is 5.47. The van der Waals surface area contributed by atoms with E-state index < -0.39 is 6.23 Å². The first-order chi connectivity index (χ1) is 4.88. The van der Waals surface area contributed by atoms with E-state index >= 15 is 0 Å². The molecule has 0 aliphatic carbocycles. The van der Waals surface area contributed by atoms with E-state index in [0.717, 1.165) is 6.42 Å². The Labute approximate surface area is 58.2 Å². The highest BCUT2D eigenvalue weighted by Gasteiger charge is 2.25. The van der Waals surface area contributed by atoms with Crippen molar-refractivity contribution >= 4 is 0 Å². The van der Waals surface area contributed by atoms with Crippen molar-refractivity contribution in [1.82, 2.24) is 0 Å². The second kappa shape index (κ2) is 3.41. The third-order valence-corrected chi connectivity index (χ3v) is 1.58. The molecule has 0 aromatic rings. The Morgan fingerprint density at radius 2 is 2.60 bits per heavy atom. The van der Waals surface area contributed by atoms with Crippen molar-refractivity contribution in [2.24, 2.45) is 11.0 Å². The third-order valence-electron chi connectivity index (χ3n) is 1.58. The monoisotopic (exact) mass is 143 g/mol. The van der Waals surface area contributed by atoms with Gasteiger partial charge in [0.2, 0.25) is 0 Å². The fourth-order valence-corrected chi connectivity index (χ4v) is 0.979. The SMILES string of the molecule is [N-]=[N+]=N[C@H]1OCC[C@@H]1CO. The summed E-state index contributed by atoms with van der Waals surface area (Å²) in [7, 11) is 0. The molecule has 2 atom stereocenters. The van der Waals surface area contributed by atoms with E-state index in [9.17, 15) is 0 Å². The quantitative estimate of drug-likeness (QED) is 0.350. The van der Waals surface area contributed by atoms with E-state index in [1.165, 1.54) is 0 Å². The van der Waals surface area contributed by atoms with Crippen LogP contribution in [0.2, 0.25) is 0 Å². The van der Waals surface area contributed by atoms with Crippen LogP contribution in [0.15, 0.2) is 5.11 Å². The molecule has 10 heavy (non-hydrogen) atoms. The molecule has 0 amide bonds. The number of nitrogens with zero attached hydrogens (tertiary/aromatic N) is 3. The largest absolute Gasteiger partial charge is 0.396 e. The summed E-state index contributed by atoms with van der Waals surface area (Å²) >= 11 is 0. The average molecular weight is 143 g/mol. The number of hydrogen-bond donors (Lipinski definition) is 1. The minimum Gasteiger partial charge on any atom is -0.396 e. The van der Waals surface area contributed by atoms with Gasteiger partial charge < -0.3 is 9.84 Å². The molecule has 56 valence electrons. The number of ether oxygens (including phenoxy) is 1. The Hall–Kier alpha value is -0.770. The fraction of sp³-hybridized carbons (Fsp3) is 1.00. The van der Waals surface area contributed by atoms with Crippen LogP contribution in [0.3, 0.4) is 0 Å². The molecule has 5 heteroatoms. The van der Waals surface area contributed by atoms with E-state index in [-0.39, 0.29) is 12.5 Å². The number of rotatable bonds is 2. The number of aliphatic hydroxyl groups excluding tert-OH is 1. The van der Waals surface area contributed by atoms with E-state index in [1.54, 1.807) is 0 Å². The molecule has 0 spiro atoms. The van der Waals surface area contributed by atoms with Crippen LogP contribution >= 0.6 is 0 Å². The van der Waals surface area contributed by atoms with E-state index in [2.05, 4.69) is 10.0 Å². The maximum absolute atomic E-state index is 8.70. The van der Waals surface area contributed by atoms with Gasteiger partial charge >= 0.3 is 0 Å². The lowest BCUT2D eigenvalue weighted by atomic mass is 10.1. The predicted molar refractivity (Wildman–Crippen MR) is 34.1 cm³/mol. The molecular weight excluding hydrogens is 134 g/mol. The smallest absolute Gasteiger partial charge is 0.141 e.